The zero-order valence-corrected chi connectivity index (χ0v) is 16.2. The van der Waals surface area contributed by atoms with E-state index in [2.05, 4.69) is 53.3 Å². The van der Waals surface area contributed by atoms with Crippen LogP contribution in [-0.2, 0) is 13.1 Å². The van der Waals surface area contributed by atoms with Crippen molar-refractivity contribution in [1.29, 1.82) is 0 Å². The van der Waals surface area contributed by atoms with Crippen LogP contribution in [0, 0.1) is 11.8 Å². The maximum atomic E-state index is 12.1. The molecular formula is C21H26ClN3O. The molecule has 1 amide bonds. The van der Waals surface area contributed by atoms with Crippen molar-refractivity contribution in [2.75, 3.05) is 13.1 Å². The molecule has 1 fully saturated rings. The van der Waals surface area contributed by atoms with Crippen molar-refractivity contribution in [3.05, 3.63) is 64.4 Å². The lowest BCUT2D eigenvalue weighted by Gasteiger charge is -2.35. The summed E-state index contributed by atoms with van der Waals surface area (Å²) in [5.41, 5.74) is 2.92. The van der Waals surface area contributed by atoms with Gasteiger partial charge in [0.25, 0.3) is 5.91 Å². The number of carbonyl (C=O) groups is 1. The van der Waals surface area contributed by atoms with E-state index in [4.69, 9.17) is 11.6 Å². The number of piperidine rings is 1. The van der Waals surface area contributed by atoms with Gasteiger partial charge in [-0.3, -0.25) is 9.69 Å². The van der Waals surface area contributed by atoms with Gasteiger partial charge >= 0.3 is 0 Å². The van der Waals surface area contributed by atoms with Crippen LogP contribution >= 0.6 is 11.6 Å². The summed E-state index contributed by atoms with van der Waals surface area (Å²) in [5, 5.41) is 3.30. The predicted octanol–water partition coefficient (Wildman–Crippen LogP) is 4.14. The number of hydrogen-bond donors (Lipinski definition) is 1. The van der Waals surface area contributed by atoms with Crippen molar-refractivity contribution in [2.45, 2.75) is 33.4 Å². The van der Waals surface area contributed by atoms with Crippen LogP contribution in [0.1, 0.15) is 41.8 Å². The predicted molar refractivity (Wildman–Crippen MR) is 105 cm³/mol. The Labute approximate surface area is 160 Å². The maximum absolute atomic E-state index is 12.1. The Bertz CT molecular complexity index is 720. The van der Waals surface area contributed by atoms with Crippen molar-refractivity contribution < 1.29 is 4.79 Å². The largest absolute Gasteiger partial charge is 0.348 e. The molecule has 1 aromatic heterocycles. The van der Waals surface area contributed by atoms with E-state index in [0.717, 1.165) is 23.9 Å². The molecule has 4 nitrogen and oxygen atoms in total. The average Bonchev–Trinajstić information content (AvgIpc) is 2.60. The smallest absolute Gasteiger partial charge is 0.253 e. The molecule has 2 heterocycles. The molecule has 0 saturated carbocycles. The van der Waals surface area contributed by atoms with Gasteiger partial charge in [0.1, 0.15) is 5.15 Å². The number of aromatic nitrogens is 1. The molecule has 0 aliphatic carbocycles. The highest BCUT2D eigenvalue weighted by atomic mass is 35.5. The fourth-order valence-electron chi connectivity index (χ4n) is 3.74. The van der Waals surface area contributed by atoms with Crippen molar-refractivity contribution in [1.82, 2.24) is 15.2 Å². The molecule has 1 saturated heterocycles. The average molecular weight is 372 g/mol. The molecule has 26 heavy (non-hydrogen) atoms. The first-order valence-electron chi connectivity index (χ1n) is 9.19. The van der Waals surface area contributed by atoms with Gasteiger partial charge in [-0.1, -0.05) is 49.7 Å². The molecule has 1 N–H and O–H groups in total. The van der Waals surface area contributed by atoms with Gasteiger partial charge in [-0.05, 0) is 41.5 Å². The van der Waals surface area contributed by atoms with Crippen LogP contribution in [0.3, 0.4) is 0 Å². The van der Waals surface area contributed by atoms with Crippen LogP contribution in [0.2, 0.25) is 5.15 Å². The summed E-state index contributed by atoms with van der Waals surface area (Å²) in [5.74, 6) is 1.40. The van der Waals surface area contributed by atoms with E-state index in [1.807, 2.05) is 0 Å². The van der Waals surface area contributed by atoms with Gasteiger partial charge in [-0.15, -0.1) is 0 Å². The summed E-state index contributed by atoms with van der Waals surface area (Å²) in [7, 11) is 0. The van der Waals surface area contributed by atoms with Crippen LogP contribution in [0.15, 0.2) is 42.6 Å². The lowest BCUT2D eigenvalue weighted by atomic mass is 9.91. The first-order chi connectivity index (χ1) is 12.5. The molecule has 1 aliphatic rings. The number of halogens is 1. The zero-order chi connectivity index (χ0) is 18.5. The third-order valence-electron chi connectivity index (χ3n) is 4.82. The SMILES string of the molecule is CC1CC(C)CN(Cc2ccc(CNC(=O)c3ccc(Cl)nc3)cc2)C1. The third kappa shape index (κ3) is 5.29. The molecule has 0 radical (unpaired) electrons. The topological polar surface area (TPSA) is 45.2 Å². The highest BCUT2D eigenvalue weighted by Crippen LogP contribution is 2.22. The van der Waals surface area contributed by atoms with E-state index in [0.29, 0.717) is 17.3 Å². The molecule has 138 valence electrons. The Morgan fingerprint density at radius 2 is 1.77 bits per heavy atom. The van der Waals surface area contributed by atoms with Gasteiger partial charge in [-0.25, -0.2) is 4.98 Å². The van der Waals surface area contributed by atoms with E-state index in [-0.39, 0.29) is 5.91 Å². The minimum Gasteiger partial charge on any atom is -0.348 e. The van der Waals surface area contributed by atoms with Crippen molar-refractivity contribution in [3.8, 4) is 0 Å². The number of nitrogens with zero attached hydrogens (tertiary/aromatic N) is 2. The number of rotatable bonds is 5. The Kier molecular flexibility index (Phi) is 6.28. The summed E-state index contributed by atoms with van der Waals surface area (Å²) >= 11 is 5.74. The maximum Gasteiger partial charge on any atom is 0.253 e. The number of benzene rings is 1. The molecular weight excluding hydrogens is 346 g/mol. The molecule has 1 aromatic carbocycles. The second kappa shape index (κ2) is 8.65. The van der Waals surface area contributed by atoms with Crippen molar-refractivity contribution >= 4 is 17.5 Å². The zero-order valence-electron chi connectivity index (χ0n) is 15.4. The van der Waals surface area contributed by atoms with Gasteiger partial charge in [0, 0.05) is 32.4 Å². The summed E-state index contributed by atoms with van der Waals surface area (Å²) in [4.78, 5) is 18.6. The Balaban J connectivity index is 1.51. The Morgan fingerprint density at radius 3 is 2.38 bits per heavy atom. The Hall–Kier alpha value is -1.91. The third-order valence-corrected chi connectivity index (χ3v) is 5.04. The van der Waals surface area contributed by atoms with Crippen LogP contribution in [0.4, 0.5) is 0 Å². The summed E-state index contributed by atoms with van der Waals surface area (Å²) in [6, 6.07) is 11.8. The van der Waals surface area contributed by atoms with E-state index >= 15 is 0 Å². The highest BCUT2D eigenvalue weighted by molar-refractivity contribution is 6.29. The molecule has 3 rings (SSSR count). The second-order valence-electron chi connectivity index (χ2n) is 7.51. The lowest BCUT2D eigenvalue weighted by molar-refractivity contribution is 0.0950. The van der Waals surface area contributed by atoms with Crippen molar-refractivity contribution in [2.24, 2.45) is 11.8 Å². The number of likely N-dealkylation sites (tertiary alicyclic amines) is 1. The monoisotopic (exact) mass is 371 g/mol. The fraction of sp³-hybridized carbons (Fsp3) is 0.429. The number of nitrogens with one attached hydrogen (secondary N) is 1. The van der Waals surface area contributed by atoms with Gasteiger partial charge in [0.15, 0.2) is 0 Å². The number of pyridine rings is 1. The highest BCUT2D eigenvalue weighted by Gasteiger charge is 2.21. The van der Waals surface area contributed by atoms with E-state index in [1.54, 1.807) is 12.1 Å². The van der Waals surface area contributed by atoms with Crippen LogP contribution in [-0.4, -0.2) is 28.9 Å². The Morgan fingerprint density at radius 1 is 1.12 bits per heavy atom. The fourth-order valence-corrected chi connectivity index (χ4v) is 3.85. The first-order valence-corrected chi connectivity index (χ1v) is 9.57. The van der Waals surface area contributed by atoms with Gasteiger partial charge in [0.2, 0.25) is 0 Å². The second-order valence-corrected chi connectivity index (χ2v) is 7.90. The van der Waals surface area contributed by atoms with Gasteiger partial charge < -0.3 is 5.32 Å². The van der Waals surface area contributed by atoms with E-state index < -0.39 is 0 Å². The van der Waals surface area contributed by atoms with E-state index in [9.17, 15) is 4.79 Å². The lowest BCUT2D eigenvalue weighted by Crippen LogP contribution is -2.38. The molecule has 0 bridgehead atoms. The molecule has 0 spiro atoms. The number of carbonyl (C=O) groups excluding carboxylic acids is 1. The first kappa shape index (κ1) is 18.9. The summed E-state index contributed by atoms with van der Waals surface area (Å²) < 4.78 is 0. The normalized spacial score (nSPS) is 20.7. The minimum atomic E-state index is -0.144. The molecule has 5 heteroatoms. The van der Waals surface area contributed by atoms with Gasteiger partial charge in [-0.2, -0.15) is 0 Å². The minimum absolute atomic E-state index is 0.144. The number of amides is 1. The standard InChI is InChI=1S/C21H26ClN3O/c1-15-9-16(2)13-25(12-15)14-18-5-3-17(4-6-18)10-24-21(26)19-7-8-20(22)23-11-19/h3-8,11,15-16H,9-10,12-14H2,1-2H3,(H,24,26). The van der Waals surface area contributed by atoms with Crippen molar-refractivity contribution in [3.63, 3.8) is 0 Å². The summed E-state index contributed by atoms with van der Waals surface area (Å²) in [6.07, 6.45) is 2.82. The van der Waals surface area contributed by atoms with E-state index in [1.165, 1.54) is 31.3 Å². The van der Waals surface area contributed by atoms with Crippen LogP contribution < -0.4 is 5.32 Å². The summed E-state index contributed by atoms with van der Waals surface area (Å²) in [6.45, 7) is 8.53. The van der Waals surface area contributed by atoms with Crippen LogP contribution in [0.25, 0.3) is 0 Å². The molecule has 2 aromatic rings. The molecule has 1 aliphatic heterocycles. The molecule has 2 unspecified atom stereocenters. The van der Waals surface area contributed by atoms with Crippen LogP contribution in [0.5, 0.6) is 0 Å². The quantitative estimate of drug-likeness (QED) is 0.803. The number of hydrogen-bond acceptors (Lipinski definition) is 3. The van der Waals surface area contributed by atoms with Gasteiger partial charge in [0.05, 0.1) is 5.56 Å². The molecule has 2 atom stereocenters.